The van der Waals surface area contributed by atoms with Crippen molar-refractivity contribution in [3.8, 4) is 0 Å². The predicted octanol–water partition coefficient (Wildman–Crippen LogP) is 0.0562. The van der Waals surface area contributed by atoms with E-state index in [1.165, 1.54) is 0 Å². The number of unbranched alkanes of at least 4 members (excludes halogenated alkanes) is 2. The lowest BCUT2D eigenvalue weighted by molar-refractivity contribution is -0.890. The molecule has 0 bridgehead atoms. The van der Waals surface area contributed by atoms with Crippen LogP contribution in [0.4, 0.5) is 0 Å². The summed E-state index contributed by atoms with van der Waals surface area (Å²) in [5, 5.41) is 0. The molecule has 0 spiro atoms. The zero-order chi connectivity index (χ0) is 15.2. The molecule has 1 N–H and O–H groups in total. The van der Waals surface area contributed by atoms with Crippen LogP contribution in [0.5, 0.6) is 0 Å². The average molecular weight is 317 g/mol. The van der Waals surface area contributed by atoms with E-state index in [9.17, 15) is 21.4 Å². The van der Waals surface area contributed by atoms with Crippen molar-refractivity contribution < 1.29 is 30.4 Å². The van der Waals surface area contributed by atoms with Gasteiger partial charge in [-0.05, 0) is 25.7 Å². The van der Waals surface area contributed by atoms with Crippen LogP contribution >= 0.6 is 0 Å². The summed E-state index contributed by atoms with van der Waals surface area (Å²) >= 11 is 0. The van der Waals surface area contributed by atoms with Crippen LogP contribution in [-0.4, -0.2) is 69.1 Å². The Morgan fingerprint density at radius 2 is 1.32 bits per heavy atom. The van der Waals surface area contributed by atoms with Gasteiger partial charge in [0, 0.05) is 5.75 Å². The normalized spacial score (nSPS) is 13.7. The van der Waals surface area contributed by atoms with Gasteiger partial charge in [0.05, 0.1) is 43.1 Å². The summed E-state index contributed by atoms with van der Waals surface area (Å²) < 4.78 is 61.5. The second-order valence-corrected chi connectivity index (χ2v) is 8.44. The van der Waals surface area contributed by atoms with Crippen molar-refractivity contribution in [1.29, 1.82) is 0 Å². The van der Waals surface area contributed by atoms with Crippen molar-refractivity contribution in [3.63, 3.8) is 0 Å². The van der Waals surface area contributed by atoms with Crippen molar-refractivity contribution in [1.82, 2.24) is 0 Å². The van der Waals surface area contributed by atoms with Gasteiger partial charge < -0.3 is 9.04 Å². The molecule has 0 saturated carbocycles. The third kappa shape index (κ3) is 14.0. The molecule has 0 amide bonds. The van der Waals surface area contributed by atoms with E-state index >= 15 is 0 Å². The number of hydrogen-bond acceptors (Lipinski definition) is 5. The summed E-state index contributed by atoms with van der Waals surface area (Å²) in [4.78, 5) is 0. The minimum absolute atomic E-state index is 0.235. The van der Waals surface area contributed by atoms with Crippen LogP contribution < -0.4 is 0 Å². The molecule has 0 aromatic carbocycles. The first-order valence-electron chi connectivity index (χ1n) is 6.12. The van der Waals surface area contributed by atoms with Crippen molar-refractivity contribution in [2.75, 3.05) is 38.7 Å². The zero-order valence-electron chi connectivity index (χ0n) is 11.4. The highest BCUT2D eigenvalue weighted by Crippen LogP contribution is 2.06. The third-order valence-electron chi connectivity index (χ3n) is 2.82. The Balaban J connectivity index is 3.80. The average Bonchev–Trinajstić information content (AvgIpc) is 2.17. The molecule has 7 nitrogen and oxygen atoms in total. The zero-order valence-corrected chi connectivity index (χ0v) is 13.0. The van der Waals surface area contributed by atoms with Crippen LogP contribution in [-0.2, 0) is 20.2 Å². The van der Waals surface area contributed by atoms with E-state index in [4.69, 9.17) is 4.55 Å². The molecular weight excluding hydrogens is 294 g/mol. The van der Waals surface area contributed by atoms with E-state index in [-0.39, 0.29) is 11.5 Å². The van der Waals surface area contributed by atoms with Crippen LogP contribution in [0.25, 0.3) is 0 Å². The molecule has 0 rings (SSSR count). The van der Waals surface area contributed by atoms with Gasteiger partial charge in [0.1, 0.15) is 0 Å². The molecule has 0 fully saturated rings. The molecule has 19 heavy (non-hydrogen) atoms. The second-order valence-electron chi connectivity index (χ2n) is 5.34. The van der Waals surface area contributed by atoms with Crippen molar-refractivity contribution in [2.45, 2.75) is 25.7 Å². The smallest absolute Gasteiger partial charge is 0.264 e. The van der Waals surface area contributed by atoms with Gasteiger partial charge in [-0.1, -0.05) is 0 Å². The number of quaternary nitrogens is 1. The van der Waals surface area contributed by atoms with E-state index in [2.05, 4.69) is 0 Å². The summed E-state index contributed by atoms with van der Waals surface area (Å²) in [7, 11) is -4.10. The van der Waals surface area contributed by atoms with E-state index in [0.29, 0.717) is 30.2 Å². The van der Waals surface area contributed by atoms with Crippen LogP contribution in [0.3, 0.4) is 0 Å². The van der Waals surface area contributed by atoms with Gasteiger partial charge in [-0.25, -0.2) is 8.42 Å². The fourth-order valence-electron chi connectivity index (χ4n) is 1.75. The molecule has 0 saturated heterocycles. The third-order valence-corrected chi connectivity index (χ3v) is 4.42. The van der Waals surface area contributed by atoms with Crippen molar-refractivity contribution in [2.24, 2.45) is 0 Å². The SMILES string of the molecule is C[N+](C)(CCCCS(=O)(=O)[O-])CCCCS(=O)(=O)O. The van der Waals surface area contributed by atoms with Gasteiger partial charge in [-0.15, -0.1) is 0 Å². The highest BCUT2D eigenvalue weighted by molar-refractivity contribution is 7.85. The Kier molecular flexibility index (Phi) is 7.45. The number of nitrogens with zero attached hydrogens (tertiary/aromatic N) is 1. The summed E-state index contributed by atoms with van der Waals surface area (Å²) in [5.41, 5.74) is 0. The molecule has 0 aliphatic rings. The molecule has 0 aromatic heterocycles. The Morgan fingerprint density at radius 1 is 0.895 bits per heavy atom. The molecule has 0 aliphatic heterocycles. The quantitative estimate of drug-likeness (QED) is 0.346. The van der Waals surface area contributed by atoms with Crippen LogP contribution in [0, 0.1) is 0 Å². The fourth-order valence-corrected chi connectivity index (χ4v) is 2.88. The van der Waals surface area contributed by atoms with Crippen LogP contribution in [0.2, 0.25) is 0 Å². The largest absolute Gasteiger partial charge is 0.748 e. The Morgan fingerprint density at radius 3 is 1.68 bits per heavy atom. The van der Waals surface area contributed by atoms with Gasteiger partial charge in [0.15, 0.2) is 0 Å². The Hall–Kier alpha value is -0.220. The van der Waals surface area contributed by atoms with Gasteiger partial charge in [0.2, 0.25) is 0 Å². The minimum atomic E-state index is -4.13. The molecule has 0 aromatic rings. The molecular formula is C10H23NO6S2. The first-order valence-corrected chi connectivity index (χ1v) is 9.31. The lowest BCUT2D eigenvalue weighted by Crippen LogP contribution is -2.41. The standard InChI is InChI=1S/C10H23NO6S2/c1-11(2,7-3-5-9-18(12,13)14)8-4-6-10-19(15,16)17/h3-10H2,1-2H3,(H-,12,13,14,15,16,17). The number of hydrogen-bond donors (Lipinski definition) is 1. The Labute approximate surface area is 115 Å². The lowest BCUT2D eigenvalue weighted by atomic mass is 10.2. The Bertz CT molecular complexity index is 412. The monoisotopic (exact) mass is 317 g/mol. The molecule has 0 unspecified atom stereocenters. The first kappa shape index (κ1) is 18.8. The molecule has 9 heteroatoms. The first-order chi connectivity index (χ1) is 8.41. The molecule has 116 valence electrons. The fraction of sp³-hybridized carbons (Fsp3) is 1.00. The van der Waals surface area contributed by atoms with Crippen molar-refractivity contribution >= 4 is 20.2 Å². The predicted molar refractivity (Wildman–Crippen MR) is 71.3 cm³/mol. The second kappa shape index (κ2) is 7.53. The topological polar surface area (TPSA) is 112 Å². The summed E-state index contributed by atoms with van der Waals surface area (Å²) in [6.45, 7) is 1.46. The maximum atomic E-state index is 10.5. The van der Waals surface area contributed by atoms with Gasteiger partial charge in [-0.2, -0.15) is 8.42 Å². The molecule has 0 atom stereocenters. The summed E-state index contributed by atoms with van der Waals surface area (Å²) in [6.07, 6.45) is 2.04. The maximum Gasteiger partial charge on any atom is 0.264 e. The van der Waals surface area contributed by atoms with Gasteiger partial charge in [0.25, 0.3) is 10.1 Å². The highest BCUT2D eigenvalue weighted by Gasteiger charge is 2.15. The summed E-state index contributed by atoms with van der Waals surface area (Å²) in [5.74, 6) is -0.572. The number of rotatable bonds is 10. The van der Waals surface area contributed by atoms with E-state index in [0.717, 1.165) is 13.1 Å². The van der Waals surface area contributed by atoms with Crippen molar-refractivity contribution in [3.05, 3.63) is 0 Å². The lowest BCUT2D eigenvalue weighted by Gasteiger charge is -2.30. The maximum absolute atomic E-state index is 10.5. The molecule has 0 heterocycles. The van der Waals surface area contributed by atoms with Crippen LogP contribution in [0.15, 0.2) is 0 Å². The van der Waals surface area contributed by atoms with Gasteiger partial charge >= 0.3 is 0 Å². The van der Waals surface area contributed by atoms with E-state index in [1.807, 2.05) is 14.1 Å². The van der Waals surface area contributed by atoms with Gasteiger partial charge in [-0.3, -0.25) is 4.55 Å². The van der Waals surface area contributed by atoms with E-state index in [1.54, 1.807) is 0 Å². The highest BCUT2D eigenvalue weighted by atomic mass is 32.2. The van der Waals surface area contributed by atoms with E-state index < -0.39 is 20.2 Å². The summed E-state index contributed by atoms with van der Waals surface area (Å²) in [6, 6.07) is 0. The molecule has 0 aliphatic carbocycles. The minimum Gasteiger partial charge on any atom is -0.748 e. The molecule has 0 radical (unpaired) electrons. The van der Waals surface area contributed by atoms with Crippen LogP contribution in [0.1, 0.15) is 25.7 Å².